The molecule has 0 aliphatic heterocycles. The predicted molar refractivity (Wildman–Crippen MR) is 118 cm³/mol. The van der Waals surface area contributed by atoms with Gasteiger partial charge >= 0.3 is 5.97 Å². The molecule has 3 rings (SSSR count). The van der Waals surface area contributed by atoms with Crippen molar-refractivity contribution < 1.29 is 17.9 Å². The third kappa shape index (κ3) is 5.03. The fourth-order valence-electron chi connectivity index (χ4n) is 2.96. The Balaban J connectivity index is 1.77. The van der Waals surface area contributed by atoms with E-state index < -0.39 is 10.0 Å². The number of carbonyl (C=O) groups excluding carboxylic acids is 1. The molecule has 1 aromatic heterocycles. The van der Waals surface area contributed by atoms with Crippen LogP contribution in [0.4, 0.5) is 0 Å². The topological polar surface area (TPSA) is 81.5 Å². The molecule has 30 heavy (non-hydrogen) atoms. The molecule has 0 saturated carbocycles. The summed E-state index contributed by atoms with van der Waals surface area (Å²) in [6, 6.07) is 14.6. The van der Waals surface area contributed by atoms with Gasteiger partial charge in [0.2, 0.25) is 10.0 Å². The van der Waals surface area contributed by atoms with Gasteiger partial charge in [-0.1, -0.05) is 25.1 Å². The number of imidazole rings is 1. The van der Waals surface area contributed by atoms with E-state index >= 15 is 0 Å². The van der Waals surface area contributed by atoms with Gasteiger partial charge in [0, 0.05) is 25.5 Å². The van der Waals surface area contributed by atoms with Gasteiger partial charge in [-0.15, -0.1) is 11.8 Å². The van der Waals surface area contributed by atoms with Crippen LogP contribution in [-0.2, 0) is 32.7 Å². The Labute approximate surface area is 181 Å². The van der Waals surface area contributed by atoms with Gasteiger partial charge in [0.25, 0.3) is 0 Å². The molecule has 0 aliphatic rings. The zero-order valence-electron chi connectivity index (χ0n) is 17.2. The Bertz CT molecular complexity index is 1130. The van der Waals surface area contributed by atoms with Gasteiger partial charge in [0.1, 0.15) is 12.4 Å². The second-order valence-corrected chi connectivity index (χ2v) is 10.1. The number of thioether (sulfide) groups is 1. The normalized spacial score (nSPS) is 11.9. The summed E-state index contributed by atoms with van der Waals surface area (Å²) in [5.41, 5.74) is 1.38. The maximum atomic E-state index is 12.4. The minimum atomic E-state index is -3.55. The van der Waals surface area contributed by atoms with Crippen molar-refractivity contribution in [2.75, 3.05) is 19.8 Å². The highest BCUT2D eigenvalue weighted by atomic mass is 32.2. The third-order valence-electron chi connectivity index (χ3n) is 4.49. The van der Waals surface area contributed by atoms with E-state index in [1.165, 1.54) is 30.2 Å². The van der Waals surface area contributed by atoms with Crippen LogP contribution in [0.15, 0.2) is 58.3 Å². The Hall–Kier alpha value is -2.36. The number of ether oxygens (including phenoxy) is 1. The average molecular weight is 448 g/mol. The second kappa shape index (κ2) is 9.63. The van der Waals surface area contributed by atoms with Crippen molar-refractivity contribution in [2.45, 2.75) is 36.3 Å². The van der Waals surface area contributed by atoms with Crippen LogP contribution in [0.25, 0.3) is 11.0 Å². The van der Waals surface area contributed by atoms with Gasteiger partial charge in [0.15, 0.2) is 0 Å². The van der Waals surface area contributed by atoms with Crippen LogP contribution in [0.2, 0.25) is 0 Å². The first kappa shape index (κ1) is 22.3. The van der Waals surface area contributed by atoms with E-state index in [0.717, 1.165) is 16.8 Å². The zero-order valence-corrected chi connectivity index (χ0v) is 18.9. The molecular weight excluding hydrogens is 422 g/mol. The Kier molecular flexibility index (Phi) is 7.17. The Morgan fingerprint density at radius 3 is 2.57 bits per heavy atom. The number of nitrogens with zero attached hydrogens (tertiary/aromatic N) is 3. The molecule has 0 aliphatic carbocycles. The lowest BCUT2D eigenvalue weighted by molar-refractivity contribution is -0.142. The quantitative estimate of drug-likeness (QED) is 0.369. The van der Waals surface area contributed by atoms with Crippen LogP contribution in [0, 0.1) is 0 Å². The molecule has 3 aromatic rings. The standard InChI is InChI=1S/C21H25N3O4S2/c1-4-12-24-19-11-10-17(30(26,27)23(2)3)13-18(19)22-20(24)14-28-21(25)15-29-16-8-6-5-7-9-16/h5-11,13H,4,12,14-15H2,1-3H3. The molecule has 0 saturated heterocycles. The van der Waals surface area contributed by atoms with Gasteiger partial charge in [0.05, 0.1) is 21.7 Å². The van der Waals surface area contributed by atoms with Gasteiger partial charge < -0.3 is 9.30 Å². The number of aromatic nitrogens is 2. The molecule has 0 amide bonds. The van der Waals surface area contributed by atoms with E-state index in [1.807, 2.05) is 41.8 Å². The molecule has 0 atom stereocenters. The van der Waals surface area contributed by atoms with E-state index in [0.29, 0.717) is 17.9 Å². The number of aryl methyl sites for hydroxylation is 1. The molecule has 2 aromatic carbocycles. The first-order valence-electron chi connectivity index (χ1n) is 9.58. The van der Waals surface area contributed by atoms with Crippen LogP contribution in [0.1, 0.15) is 19.2 Å². The fraction of sp³-hybridized carbons (Fsp3) is 0.333. The number of rotatable bonds is 9. The molecule has 1 heterocycles. The lowest BCUT2D eigenvalue weighted by Crippen LogP contribution is -2.22. The van der Waals surface area contributed by atoms with Crippen LogP contribution < -0.4 is 0 Å². The number of sulfonamides is 1. The highest BCUT2D eigenvalue weighted by Crippen LogP contribution is 2.23. The van der Waals surface area contributed by atoms with Gasteiger partial charge in [-0.25, -0.2) is 17.7 Å². The number of hydrogen-bond acceptors (Lipinski definition) is 6. The summed E-state index contributed by atoms with van der Waals surface area (Å²) in [5.74, 6) is 0.489. The molecule has 0 fully saturated rings. The lowest BCUT2D eigenvalue weighted by atomic mass is 10.3. The van der Waals surface area contributed by atoms with Gasteiger partial charge in [-0.3, -0.25) is 4.79 Å². The number of esters is 1. The van der Waals surface area contributed by atoms with Crippen molar-refractivity contribution in [1.29, 1.82) is 0 Å². The maximum Gasteiger partial charge on any atom is 0.316 e. The Morgan fingerprint density at radius 1 is 1.17 bits per heavy atom. The molecule has 9 heteroatoms. The molecular formula is C21H25N3O4S2. The molecule has 0 radical (unpaired) electrons. The van der Waals surface area contributed by atoms with E-state index in [4.69, 9.17) is 4.74 Å². The summed E-state index contributed by atoms with van der Waals surface area (Å²) >= 11 is 1.42. The van der Waals surface area contributed by atoms with E-state index in [-0.39, 0.29) is 23.2 Å². The van der Waals surface area contributed by atoms with E-state index in [2.05, 4.69) is 4.98 Å². The van der Waals surface area contributed by atoms with Crippen LogP contribution in [0.3, 0.4) is 0 Å². The third-order valence-corrected chi connectivity index (χ3v) is 7.28. The van der Waals surface area contributed by atoms with Crippen molar-refractivity contribution >= 4 is 38.8 Å². The first-order valence-corrected chi connectivity index (χ1v) is 12.0. The van der Waals surface area contributed by atoms with Crippen molar-refractivity contribution in [2.24, 2.45) is 0 Å². The van der Waals surface area contributed by atoms with Crippen molar-refractivity contribution in [3.8, 4) is 0 Å². The SMILES string of the molecule is CCCn1c(COC(=O)CSc2ccccc2)nc2cc(S(=O)(=O)N(C)C)ccc21. The minimum Gasteiger partial charge on any atom is -0.457 e. The summed E-state index contributed by atoms with van der Waals surface area (Å²) in [7, 11) is -0.561. The largest absolute Gasteiger partial charge is 0.457 e. The Morgan fingerprint density at radius 2 is 1.90 bits per heavy atom. The summed E-state index contributed by atoms with van der Waals surface area (Å²) in [6.45, 7) is 2.78. The number of fused-ring (bicyclic) bond motifs is 1. The van der Waals surface area contributed by atoms with Crippen LogP contribution >= 0.6 is 11.8 Å². The zero-order chi connectivity index (χ0) is 21.7. The summed E-state index contributed by atoms with van der Waals surface area (Å²) in [5, 5.41) is 0. The highest BCUT2D eigenvalue weighted by molar-refractivity contribution is 8.00. The second-order valence-electron chi connectivity index (χ2n) is 6.88. The molecule has 0 N–H and O–H groups in total. The fourth-order valence-corrected chi connectivity index (χ4v) is 4.60. The summed E-state index contributed by atoms with van der Waals surface area (Å²) in [4.78, 5) is 17.9. The average Bonchev–Trinajstić information content (AvgIpc) is 3.08. The molecule has 0 bridgehead atoms. The first-order chi connectivity index (χ1) is 14.3. The number of carbonyl (C=O) groups is 1. The lowest BCUT2D eigenvalue weighted by Gasteiger charge is -2.11. The van der Waals surface area contributed by atoms with Crippen LogP contribution in [0.5, 0.6) is 0 Å². The summed E-state index contributed by atoms with van der Waals surface area (Å²) in [6.07, 6.45) is 0.869. The van der Waals surface area contributed by atoms with Crippen LogP contribution in [-0.4, -0.2) is 48.1 Å². The van der Waals surface area contributed by atoms with E-state index in [9.17, 15) is 13.2 Å². The van der Waals surface area contributed by atoms with Crippen molar-refractivity contribution in [1.82, 2.24) is 13.9 Å². The van der Waals surface area contributed by atoms with Crippen molar-refractivity contribution in [3.63, 3.8) is 0 Å². The number of hydrogen-bond donors (Lipinski definition) is 0. The molecule has 160 valence electrons. The summed E-state index contributed by atoms with van der Waals surface area (Å²) < 4.78 is 33.4. The van der Waals surface area contributed by atoms with Gasteiger partial charge in [-0.2, -0.15) is 0 Å². The monoisotopic (exact) mass is 447 g/mol. The van der Waals surface area contributed by atoms with Crippen molar-refractivity contribution in [3.05, 3.63) is 54.4 Å². The number of benzene rings is 2. The highest BCUT2D eigenvalue weighted by Gasteiger charge is 2.20. The molecule has 7 nitrogen and oxygen atoms in total. The molecule has 0 spiro atoms. The molecule has 0 unspecified atom stereocenters. The van der Waals surface area contributed by atoms with Gasteiger partial charge in [-0.05, 0) is 36.8 Å². The predicted octanol–water partition coefficient (Wildman–Crippen LogP) is 3.53. The maximum absolute atomic E-state index is 12.4. The van der Waals surface area contributed by atoms with E-state index in [1.54, 1.807) is 18.2 Å². The smallest absolute Gasteiger partial charge is 0.316 e. The minimum absolute atomic E-state index is 0.0403.